The van der Waals surface area contributed by atoms with Crippen LogP contribution in [0.3, 0.4) is 0 Å². The lowest BCUT2D eigenvalue weighted by Crippen LogP contribution is -2.38. The van der Waals surface area contributed by atoms with Crippen molar-refractivity contribution in [3.05, 3.63) is 34.6 Å². The van der Waals surface area contributed by atoms with Crippen LogP contribution in [-0.4, -0.2) is 51.5 Å². The lowest BCUT2D eigenvalue weighted by atomic mass is 10.1. The van der Waals surface area contributed by atoms with Gasteiger partial charge in [0.15, 0.2) is 5.96 Å². The van der Waals surface area contributed by atoms with Gasteiger partial charge in [0.2, 0.25) is 0 Å². The molecule has 1 aromatic carbocycles. The fourth-order valence-corrected chi connectivity index (χ4v) is 2.99. The molecule has 0 radical (unpaired) electrons. The molecule has 146 valence electrons. The highest BCUT2D eigenvalue weighted by molar-refractivity contribution is 6.31. The summed E-state index contributed by atoms with van der Waals surface area (Å²) in [5.74, 6) is 0.452. The molecular formula is C19H29ClFN3O2. The minimum absolute atomic E-state index is 0.274. The lowest BCUT2D eigenvalue weighted by molar-refractivity contribution is 0.0171. The van der Waals surface area contributed by atoms with Crippen molar-refractivity contribution in [2.24, 2.45) is 4.99 Å². The Balaban J connectivity index is 1.63. The molecule has 1 aliphatic heterocycles. The fraction of sp³-hybridized carbons (Fsp3) is 0.632. The maximum atomic E-state index is 13.1. The number of ether oxygens (including phenoxy) is 2. The number of nitrogens with zero attached hydrogens (tertiary/aromatic N) is 1. The molecule has 2 rings (SSSR count). The zero-order valence-electron chi connectivity index (χ0n) is 15.4. The molecule has 0 aliphatic carbocycles. The fourth-order valence-electron chi connectivity index (χ4n) is 2.73. The summed E-state index contributed by atoms with van der Waals surface area (Å²) in [5, 5.41) is 6.94. The highest BCUT2D eigenvalue weighted by Gasteiger charge is 2.14. The zero-order valence-corrected chi connectivity index (χ0v) is 16.2. The van der Waals surface area contributed by atoms with Crippen LogP contribution < -0.4 is 10.6 Å². The second-order valence-electron chi connectivity index (χ2n) is 6.24. The summed E-state index contributed by atoms with van der Waals surface area (Å²) >= 11 is 6.05. The van der Waals surface area contributed by atoms with Crippen molar-refractivity contribution in [2.75, 3.05) is 39.5 Å². The Morgan fingerprint density at radius 3 is 3.04 bits per heavy atom. The minimum Gasteiger partial charge on any atom is -0.379 e. The molecule has 0 spiro atoms. The van der Waals surface area contributed by atoms with Gasteiger partial charge in [-0.15, -0.1) is 0 Å². The maximum absolute atomic E-state index is 13.1. The number of halogens is 2. The van der Waals surface area contributed by atoms with Crippen molar-refractivity contribution in [2.45, 2.75) is 38.7 Å². The molecule has 0 bridgehead atoms. The van der Waals surface area contributed by atoms with Crippen molar-refractivity contribution in [1.29, 1.82) is 0 Å². The van der Waals surface area contributed by atoms with Crippen molar-refractivity contribution < 1.29 is 13.9 Å². The van der Waals surface area contributed by atoms with Gasteiger partial charge in [0.1, 0.15) is 5.82 Å². The lowest BCUT2D eigenvalue weighted by Gasteiger charge is -2.12. The normalized spacial score (nSPS) is 17.5. The van der Waals surface area contributed by atoms with Crippen LogP contribution in [0.25, 0.3) is 0 Å². The van der Waals surface area contributed by atoms with Crippen LogP contribution in [0, 0.1) is 5.82 Å². The SMILES string of the molecule is CCNC(=NCCCOCC1CCCO1)NCCc1ccc(F)cc1Cl. The average Bonchev–Trinajstić information content (AvgIpc) is 3.13. The summed E-state index contributed by atoms with van der Waals surface area (Å²) < 4.78 is 24.2. The molecule has 5 nitrogen and oxygen atoms in total. The molecule has 1 atom stereocenters. The molecule has 1 unspecified atom stereocenters. The Kier molecular flexibility index (Phi) is 9.74. The Labute approximate surface area is 160 Å². The van der Waals surface area contributed by atoms with Crippen molar-refractivity contribution >= 4 is 17.6 Å². The van der Waals surface area contributed by atoms with Gasteiger partial charge in [-0.05, 0) is 50.3 Å². The summed E-state index contributed by atoms with van der Waals surface area (Å²) in [6.45, 7) is 6.41. The minimum atomic E-state index is -0.316. The molecular weight excluding hydrogens is 357 g/mol. The van der Waals surface area contributed by atoms with Crippen LogP contribution in [0.4, 0.5) is 4.39 Å². The van der Waals surface area contributed by atoms with Crippen molar-refractivity contribution in [1.82, 2.24) is 10.6 Å². The number of benzene rings is 1. The Bertz CT molecular complexity index is 566. The van der Waals surface area contributed by atoms with Crippen LogP contribution >= 0.6 is 11.6 Å². The van der Waals surface area contributed by atoms with Gasteiger partial charge < -0.3 is 20.1 Å². The molecule has 1 fully saturated rings. The van der Waals surface area contributed by atoms with E-state index in [4.69, 9.17) is 21.1 Å². The summed E-state index contributed by atoms with van der Waals surface area (Å²) in [6, 6.07) is 4.48. The van der Waals surface area contributed by atoms with E-state index < -0.39 is 0 Å². The van der Waals surface area contributed by atoms with Crippen molar-refractivity contribution in [3.8, 4) is 0 Å². The van der Waals surface area contributed by atoms with E-state index in [2.05, 4.69) is 15.6 Å². The van der Waals surface area contributed by atoms with Gasteiger partial charge in [0.05, 0.1) is 12.7 Å². The number of nitrogens with one attached hydrogen (secondary N) is 2. The van der Waals surface area contributed by atoms with Gasteiger partial charge in [-0.2, -0.15) is 0 Å². The molecule has 7 heteroatoms. The Morgan fingerprint density at radius 2 is 2.31 bits per heavy atom. The third-order valence-corrected chi connectivity index (χ3v) is 4.44. The van der Waals surface area contributed by atoms with Crippen LogP contribution in [0.1, 0.15) is 31.7 Å². The first-order valence-corrected chi connectivity index (χ1v) is 9.72. The van der Waals surface area contributed by atoms with Gasteiger partial charge in [0.25, 0.3) is 0 Å². The van der Waals surface area contributed by atoms with Crippen LogP contribution in [0.15, 0.2) is 23.2 Å². The predicted molar refractivity (Wildman–Crippen MR) is 104 cm³/mol. The van der Waals surface area contributed by atoms with Crippen molar-refractivity contribution in [3.63, 3.8) is 0 Å². The van der Waals surface area contributed by atoms with Crippen LogP contribution in [0.2, 0.25) is 5.02 Å². The second kappa shape index (κ2) is 12.1. The van der Waals surface area contributed by atoms with Gasteiger partial charge >= 0.3 is 0 Å². The van der Waals surface area contributed by atoms with Gasteiger partial charge in [-0.1, -0.05) is 17.7 Å². The monoisotopic (exact) mass is 385 g/mol. The Hall–Kier alpha value is -1.37. The molecule has 26 heavy (non-hydrogen) atoms. The summed E-state index contributed by atoms with van der Waals surface area (Å²) in [4.78, 5) is 4.54. The maximum Gasteiger partial charge on any atom is 0.191 e. The summed E-state index contributed by atoms with van der Waals surface area (Å²) in [5.41, 5.74) is 0.916. The third kappa shape index (κ3) is 7.89. The highest BCUT2D eigenvalue weighted by Crippen LogP contribution is 2.17. The quantitative estimate of drug-likeness (QED) is 0.369. The van der Waals surface area contributed by atoms with Crippen LogP contribution in [-0.2, 0) is 15.9 Å². The van der Waals surface area contributed by atoms with Gasteiger partial charge in [-0.25, -0.2) is 4.39 Å². The third-order valence-electron chi connectivity index (χ3n) is 4.09. The molecule has 1 heterocycles. The van der Waals surface area contributed by atoms with E-state index in [1.54, 1.807) is 6.07 Å². The zero-order chi connectivity index (χ0) is 18.6. The highest BCUT2D eigenvalue weighted by atomic mass is 35.5. The molecule has 1 aromatic rings. The largest absolute Gasteiger partial charge is 0.379 e. The van der Waals surface area contributed by atoms with E-state index in [0.717, 1.165) is 43.9 Å². The molecule has 0 aromatic heterocycles. The Morgan fingerprint density at radius 1 is 1.42 bits per heavy atom. The van der Waals surface area contributed by atoms with Crippen LogP contribution in [0.5, 0.6) is 0 Å². The topological polar surface area (TPSA) is 54.9 Å². The van der Waals surface area contributed by atoms with E-state index >= 15 is 0 Å². The summed E-state index contributed by atoms with van der Waals surface area (Å²) in [7, 11) is 0. The second-order valence-corrected chi connectivity index (χ2v) is 6.64. The molecule has 1 saturated heterocycles. The first kappa shape index (κ1) is 20.9. The number of aliphatic imine (C=N–C) groups is 1. The number of hydrogen-bond acceptors (Lipinski definition) is 3. The van der Waals surface area contributed by atoms with Gasteiger partial charge in [0, 0.05) is 37.9 Å². The molecule has 1 aliphatic rings. The molecule has 0 saturated carbocycles. The first-order valence-electron chi connectivity index (χ1n) is 9.34. The van der Waals surface area contributed by atoms with E-state index in [0.29, 0.717) is 37.7 Å². The summed E-state index contributed by atoms with van der Waals surface area (Å²) in [6.07, 6.45) is 4.08. The van der Waals surface area contributed by atoms with Gasteiger partial charge in [-0.3, -0.25) is 4.99 Å². The first-order chi connectivity index (χ1) is 12.7. The number of guanidine groups is 1. The number of hydrogen-bond donors (Lipinski definition) is 2. The predicted octanol–water partition coefficient (Wildman–Crippen LogP) is 3.16. The molecule has 0 amide bonds. The number of rotatable bonds is 10. The smallest absolute Gasteiger partial charge is 0.191 e. The van der Waals surface area contributed by atoms with E-state index in [9.17, 15) is 4.39 Å². The van der Waals surface area contributed by atoms with E-state index in [-0.39, 0.29) is 11.9 Å². The standard InChI is InChI=1S/C19H29ClFN3O2/c1-2-22-19(23-9-4-11-25-14-17-5-3-12-26-17)24-10-8-15-6-7-16(21)13-18(15)20/h6-7,13,17H,2-5,8-12,14H2,1H3,(H2,22,23,24). The van der Waals surface area contributed by atoms with E-state index in [1.807, 2.05) is 6.92 Å². The van der Waals surface area contributed by atoms with E-state index in [1.165, 1.54) is 12.1 Å². The molecule has 2 N–H and O–H groups in total. The average molecular weight is 386 g/mol.